The van der Waals surface area contributed by atoms with Gasteiger partial charge in [0.15, 0.2) is 0 Å². The summed E-state index contributed by atoms with van der Waals surface area (Å²) in [6, 6.07) is 42.2. The number of carbonyl (C=O) groups excluding carboxylic acids is 2. The molecule has 0 bridgehead atoms. The van der Waals surface area contributed by atoms with Gasteiger partial charge in [-0.15, -0.1) is 0 Å². The van der Waals surface area contributed by atoms with Crippen molar-refractivity contribution in [2.75, 3.05) is 78.7 Å². The van der Waals surface area contributed by atoms with Gasteiger partial charge in [0.05, 0.1) is 9.85 Å². The number of nitrogens with zero attached hydrogens (tertiary/aromatic N) is 5. The van der Waals surface area contributed by atoms with Crippen LogP contribution in [-0.2, 0) is 9.59 Å². The molecule has 0 atom stereocenters. The first-order valence-electron chi connectivity index (χ1n) is 23.7. The average Bonchev–Trinajstić information content (AvgIpc) is 3.86. The van der Waals surface area contributed by atoms with Gasteiger partial charge < -0.3 is 19.7 Å². The van der Waals surface area contributed by atoms with Gasteiger partial charge in [0.1, 0.15) is 24.7 Å². The maximum absolute atomic E-state index is 11.5. The summed E-state index contributed by atoms with van der Waals surface area (Å²) in [5, 5.41) is 25.8. The Balaban J connectivity index is 0.000000178. The standard InChI is InChI=1S/C28H27N3O4.C26H25N3O3.C2H3ClO/c1-20(32)30-14-12-29(13-15-30)16-17-35-28-9-5-2-6-21(28)18-26-24-8-4-3-7-23(24)25-11-10-22(31(33)34)19-27(25)26;30-29(31)20-9-10-23-21-6-2-3-7-22(21)24(25(23)18-20)17-19-5-1-4-8-26(19)32-16-15-28-13-11-27-12-14-28;1-2(3)4/h2-11,18-19H,12-17H2,1H3;1-10,17-18,27H,11-16H2;1H3. The second-order valence-corrected chi connectivity index (χ2v) is 17.9. The van der Waals surface area contributed by atoms with Gasteiger partial charge in [0, 0.05) is 115 Å². The topological polar surface area (TPSA) is 161 Å². The second-order valence-electron chi connectivity index (χ2n) is 17.4. The number of ether oxygens (including phenoxy) is 2. The van der Waals surface area contributed by atoms with Crippen LogP contribution in [-0.4, -0.2) is 114 Å². The van der Waals surface area contributed by atoms with Crippen LogP contribution in [0.4, 0.5) is 11.4 Å². The van der Waals surface area contributed by atoms with Crippen LogP contribution < -0.4 is 14.8 Å². The number of nitro benzene ring substituents is 2. The number of benzene rings is 6. The highest BCUT2D eigenvalue weighted by atomic mass is 35.5. The number of hydrogen-bond donors (Lipinski definition) is 1. The Morgan fingerprint density at radius 1 is 0.549 bits per heavy atom. The van der Waals surface area contributed by atoms with Crippen molar-refractivity contribution in [3.63, 3.8) is 0 Å². The van der Waals surface area contributed by atoms with E-state index in [0.29, 0.717) is 13.2 Å². The van der Waals surface area contributed by atoms with Gasteiger partial charge in [0.2, 0.25) is 11.1 Å². The third-order valence-corrected chi connectivity index (χ3v) is 12.8. The van der Waals surface area contributed by atoms with Crippen LogP contribution in [0.5, 0.6) is 11.5 Å². The van der Waals surface area contributed by atoms with Crippen molar-refractivity contribution < 1.29 is 28.9 Å². The van der Waals surface area contributed by atoms with Gasteiger partial charge in [-0.25, -0.2) is 0 Å². The van der Waals surface area contributed by atoms with Gasteiger partial charge in [-0.2, -0.15) is 0 Å². The zero-order valence-electron chi connectivity index (χ0n) is 39.7. The van der Waals surface area contributed by atoms with Crippen molar-refractivity contribution >= 4 is 57.4 Å². The molecule has 14 nitrogen and oxygen atoms in total. The minimum absolute atomic E-state index is 0.0804. The third kappa shape index (κ3) is 12.3. The van der Waals surface area contributed by atoms with E-state index < -0.39 is 0 Å². The summed E-state index contributed by atoms with van der Waals surface area (Å²) in [4.78, 5) is 49.5. The summed E-state index contributed by atoms with van der Waals surface area (Å²) >= 11 is 4.64. The van der Waals surface area contributed by atoms with Crippen molar-refractivity contribution in [1.29, 1.82) is 0 Å². The number of hydrogen-bond acceptors (Lipinski definition) is 11. The highest BCUT2D eigenvalue weighted by Gasteiger charge is 2.27. The number of nitro groups is 2. The zero-order chi connectivity index (χ0) is 49.9. The number of amides is 1. The predicted molar refractivity (Wildman–Crippen MR) is 279 cm³/mol. The molecule has 2 saturated heterocycles. The fraction of sp³-hybridized carbons (Fsp3) is 0.250. The molecule has 1 amide bonds. The van der Waals surface area contributed by atoms with Crippen LogP contribution >= 0.6 is 11.6 Å². The average molecular weight is 976 g/mol. The van der Waals surface area contributed by atoms with E-state index in [1.54, 1.807) is 31.2 Å². The number of nitrogens with one attached hydrogen (secondary N) is 1. The molecule has 10 rings (SSSR count). The Kier molecular flexibility index (Phi) is 16.5. The molecule has 2 heterocycles. The second kappa shape index (κ2) is 23.4. The molecule has 2 aliphatic heterocycles. The lowest BCUT2D eigenvalue weighted by atomic mass is 10.0. The Hall–Kier alpha value is -7.49. The summed E-state index contributed by atoms with van der Waals surface area (Å²) in [5.41, 5.74) is 12.1. The minimum atomic E-state index is -0.361. The first-order valence-corrected chi connectivity index (χ1v) is 24.0. The molecule has 0 spiro atoms. The quantitative estimate of drug-likeness (QED) is 0.0705. The number of rotatable bonds is 12. The Morgan fingerprint density at radius 2 is 0.930 bits per heavy atom. The van der Waals surface area contributed by atoms with Crippen LogP contribution in [0.2, 0.25) is 0 Å². The first kappa shape index (κ1) is 49.9. The molecule has 1 N–H and O–H groups in total. The molecule has 364 valence electrons. The molecule has 0 radical (unpaired) electrons. The lowest BCUT2D eigenvalue weighted by Gasteiger charge is -2.34. The summed E-state index contributed by atoms with van der Waals surface area (Å²) < 4.78 is 12.4. The van der Waals surface area contributed by atoms with E-state index in [1.165, 1.54) is 6.92 Å². The highest BCUT2D eigenvalue weighted by molar-refractivity contribution is 6.62. The maximum atomic E-state index is 11.5. The molecule has 6 aromatic rings. The number of halogens is 1. The minimum Gasteiger partial charge on any atom is -0.492 e. The number of non-ortho nitro benzene ring substituents is 2. The Morgan fingerprint density at radius 3 is 1.35 bits per heavy atom. The predicted octanol–water partition coefficient (Wildman–Crippen LogP) is 9.93. The number of fused-ring (bicyclic) bond motifs is 6. The number of para-hydroxylation sites is 2. The van der Waals surface area contributed by atoms with Crippen molar-refractivity contribution in [2.24, 2.45) is 0 Å². The van der Waals surface area contributed by atoms with E-state index >= 15 is 0 Å². The molecule has 2 aliphatic carbocycles. The summed E-state index contributed by atoms with van der Waals surface area (Å²) in [5.74, 6) is 1.73. The lowest BCUT2D eigenvalue weighted by Crippen LogP contribution is -2.48. The van der Waals surface area contributed by atoms with E-state index in [9.17, 15) is 29.8 Å². The fourth-order valence-electron chi connectivity index (χ4n) is 9.28. The van der Waals surface area contributed by atoms with Crippen LogP contribution in [0.3, 0.4) is 0 Å². The number of carbonyl (C=O) groups is 2. The lowest BCUT2D eigenvalue weighted by molar-refractivity contribution is -0.385. The fourth-order valence-corrected chi connectivity index (χ4v) is 9.28. The van der Waals surface area contributed by atoms with E-state index in [-0.39, 0.29) is 32.4 Å². The van der Waals surface area contributed by atoms with E-state index in [2.05, 4.69) is 63.1 Å². The molecule has 6 aromatic carbocycles. The molecule has 0 unspecified atom stereocenters. The maximum Gasteiger partial charge on any atom is 0.270 e. The van der Waals surface area contributed by atoms with Crippen LogP contribution in [0, 0.1) is 20.2 Å². The van der Waals surface area contributed by atoms with Gasteiger partial charge >= 0.3 is 0 Å². The van der Waals surface area contributed by atoms with Crippen LogP contribution in [0.15, 0.2) is 133 Å². The summed E-state index contributed by atoms with van der Waals surface area (Å²) in [7, 11) is 0. The normalized spacial score (nSPS) is 15.8. The molecular weight excluding hydrogens is 920 g/mol. The van der Waals surface area contributed by atoms with Gasteiger partial charge in [-0.3, -0.25) is 39.6 Å². The van der Waals surface area contributed by atoms with Crippen LogP contribution in [0.1, 0.15) is 47.2 Å². The van der Waals surface area contributed by atoms with Gasteiger partial charge in [-0.05, 0) is 104 Å². The molecule has 71 heavy (non-hydrogen) atoms. The first-order chi connectivity index (χ1) is 34.4. The Labute approximate surface area is 418 Å². The highest BCUT2D eigenvalue weighted by Crippen LogP contribution is 2.48. The van der Waals surface area contributed by atoms with E-state index in [0.717, 1.165) is 144 Å². The van der Waals surface area contributed by atoms with E-state index in [1.807, 2.05) is 89.8 Å². The van der Waals surface area contributed by atoms with Crippen LogP contribution in [0.25, 0.3) is 45.6 Å². The molecule has 0 aromatic heterocycles. The van der Waals surface area contributed by atoms with Gasteiger partial charge in [0.25, 0.3) is 11.4 Å². The van der Waals surface area contributed by atoms with Crippen molar-refractivity contribution in [2.45, 2.75) is 13.8 Å². The SMILES string of the molecule is CC(=O)Cl.CC(=O)N1CCN(CCOc2ccccc2C=C2c3ccccc3-c3ccc([N+](=O)[O-])cc32)CC1.O=[N+]([O-])c1ccc2c(c1)C(=Cc1ccccc1OCCN1CCNCC1)c1ccccc1-2. The van der Waals surface area contributed by atoms with E-state index in [4.69, 9.17) is 9.47 Å². The molecule has 2 fully saturated rings. The largest absolute Gasteiger partial charge is 0.492 e. The molecule has 15 heteroatoms. The van der Waals surface area contributed by atoms with Gasteiger partial charge in [-0.1, -0.05) is 84.9 Å². The van der Waals surface area contributed by atoms with Crippen molar-refractivity contribution in [3.05, 3.63) is 187 Å². The van der Waals surface area contributed by atoms with Crippen molar-refractivity contribution in [3.8, 4) is 33.8 Å². The Bertz CT molecular complexity index is 2990. The van der Waals surface area contributed by atoms with Crippen molar-refractivity contribution in [1.82, 2.24) is 20.0 Å². The summed E-state index contributed by atoms with van der Waals surface area (Å²) in [6.07, 6.45) is 4.16. The number of piperazine rings is 2. The molecule has 0 saturated carbocycles. The summed E-state index contributed by atoms with van der Waals surface area (Å²) in [6.45, 7) is 13.1. The monoisotopic (exact) mass is 974 g/mol. The molecule has 4 aliphatic rings. The smallest absolute Gasteiger partial charge is 0.270 e. The molecular formula is C56H55ClN6O8. The third-order valence-electron chi connectivity index (χ3n) is 12.8. The zero-order valence-corrected chi connectivity index (χ0v) is 40.5.